The molecule has 0 aliphatic carbocycles. The second-order valence-electron chi connectivity index (χ2n) is 6.09. The van der Waals surface area contributed by atoms with Crippen molar-refractivity contribution in [2.45, 2.75) is 33.1 Å². The Bertz CT molecular complexity index is 848. The lowest BCUT2D eigenvalue weighted by atomic mass is 10.0. The summed E-state index contributed by atoms with van der Waals surface area (Å²) in [6.45, 7) is 4.22. The van der Waals surface area contributed by atoms with E-state index < -0.39 is 0 Å². The van der Waals surface area contributed by atoms with Gasteiger partial charge >= 0.3 is 5.97 Å². The Morgan fingerprint density at radius 2 is 1.83 bits per heavy atom. The first-order chi connectivity index (χ1) is 11.7. The van der Waals surface area contributed by atoms with E-state index in [4.69, 9.17) is 4.74 Å². The summed E-state index contributed by atoms with van der Waals surface area (Å²) < 4.78 is 5.04. The molecule has 3 heteroatoms. The van der Waals surface area contributed by atoms with E-state index in [9.17, 15) is 4.79 Å². The Balaban J connectivity index is 1.62. The van der Waals surface area contributed by atoms with E-state index in [0.29, 0.717) is 12.3 Å². The van der Waals surface area contributed by atoms with Gasteiger partial charge < -0.3 is 9.72 Å². The SMILES string of the molecule is CCOC(=O)c1cc(CCCc2ccc3ccccc3c2)c(C)[nH]1. The van der Waals surface area contributed by atoms with Gasteiger partial charge in [0.2, 0.25) is 0 Å². The lowest BCUT2D eigenvalue weighted by molar-refractivity contribution is 0.0520. The second-order valence-corrected chi connectivity index (χ2v) is 6.09. The largest absolute Gasteiger partial charge is 0.461 e. The van der Waals surface area contributed by atoms with Crippen LogP contribution >= 0.6 is 0 Å². The van der Waals surface area contributed by atoms with Crippen LogP contribution in [0.2, 0.25) is 0 Å². The predicted octanol–water partition coefficient (Wildman–Crippen LogP) is 4.83. The standard InChI is InChI=1S/C21H23NO2/c1-3-24-21(23)20-14-18(15(2)22-20)10-6-7-16-11-12-17-8-4-5-9-19(17)13-16/h4-5,8-9,11-14,22H,3,6-7,10H2,1-2H3. The number of aromatic amines is 1. The molecule has 0 saturated heterocycles. The molecule has 0 bridgehead atoms. The number of aromatic nitrogens is 1. The highest BCUT2D eigenvalue weighted by Crippen LogP contribution is 2.18. The van der Waals surface area contributed by atoms with E-state index in [1.165, 1.54) is 21.9 Å². The number of ether oxygens (including phenoxy) is 1. The van der Waals surface area contributed by atoms with E-state index in [1.807, 2.05) is 19.9 Å². The number of aryl methyl sites for hydroxylation is 3. The number of carbonyl (C=O) groups excluding carboxylic acids is 1. The molecule has 0 aliphatic heterocycles. The molecular formula is C21H23NO2. The molecule has 3 nitrogen and oxygen atoms in total. The van der Waals surface area contributed by atoms with Crippen LogP contribution in [0, 0.1) is 6.92 Å². The van der Waals surface area contributed by atoms with Crippen LogP contribution in [0.15, 0.2) is 48.5 Å². The van der Waals surface area contributed by atoms with E-state index in [-0.39, 0.29) is 5.97 Å². The number of hydrogen-bond acceptors (Lipinski definition) is 2. The Morgan fingerprint density at radius 3 is 2.62 bits per heavy atom. The molecule has 3 rings (SSSR count). The van der Waals surface area contributed by atoms with E-state index in [0.717, 1.165) is 25.0 Å². The van der Waals surface area contributed by atoms with E-state index in [2.05, 4.69) is 47.4 Å². The van der Waals surface area contributed by atoms with Gasteiger partial charge in [0.25, 0.3) is 0 Å². The van der Waals surface area contributed by atoms with Crippen LogP contribution in [-0.2, 0) is 17.6 Å². The summed E-state index contributed by atoms with van der Waals surface area (Å²) in [6.07, 6.45) is 3.04. The third-order valence-electron chi connectivity index (χ3n) is 4.34. The van der Waals surface area contributed by atoms with Gasteiger partial charge in [0, 0.05) is 5.69 Å². The van der Waals surface area contributed by atoms with Gasteiger partial charge in [0.15, 0.2) is 0 Å². The van der Waals surface area contributed by atoms with Crippen molar-refractivity contribution in [2.24, 2.45) is 0 Å². The fourth-order valence-corrected chi connectivity index (χ4v) is 3.06. The quantitative estimate of drug-likeness (QED) is 0.661. The molecule has 0 spiro atoms. The van der Waals surface area contributed by atoms with Gasteiger partial charge in [-0.2, -0.15) is 0 Å². The first kappa shape index (κ1) is 16.3. The lowest BCUT2D eigenvalue weighted by Gasteiger charge is -2.04. The topological polar surface area (TPSA) is 42.1 Å². The van der Waals surface area contributed by atoms with Gasteiger partial charge in [-0.25, -0.2) is 4.79 Å². The first-order valence-corrected chi connectivity index (χ1v) is 8.50. The van der Waals surface area contributed by atoms with Crippen molar-refractivity contribution >= 4 is 16.7 Å². The van der Waals surface area contributed by atoms with Crippen molar-refractivity contribution in [3.63, 3.8) is 0 Å². The van der Waals surface area contributed by atoms with Gasteiger partial charge in [-0.1, -0.05) is 42.5 Å². The fraction of sp³-hybridized carbons (Fsp3) is 0.286. The molecule has 0 aliphatic rings. The van der Waals surface area contributed by atoms with Crippen molar-refractivity contribution < 1.29 is 9.53 Å². The van der Waals surface area contributed by atoms with Gasteiger partial charge in [-0.3, -0.25) is 0 Å². The minimum atomic E-state index is -0.277. The molecule has 3 aromatic rings. The second kappa shape index (κ2) is 7.35. The first-order valence-electron chi connectivity index (χ1n) is 8.50. The van der Waals surface area contributed by atoms with Crippen LogP contribution in [0.4, 0.5) is 0 Å². The monoisotopic (exact) mass is 321 g/mol. The van der Waals surface area contributed by atoms with E-state index in [1.54, 1.807) is 0 Å². The number of benzene rings is 2. The minimum absolute atomic E-state index is 0.277. The average molecular weight is 321 g/mol. The summed E-state index contributed by atoms with van der Waals surface area (Å²) in [6, 6.07) is 17.0. The van der Waals surface area contributed by atoms with Crippen molar-refractivity contribution in [1.29, 1.82) is 0 Å². The number of fused-ring (bicyclic) bond motifs is 1. The van der Waals surface area contributed by atoms with Gasteiger partial charge in [-0.15, -0.1) is 0 Å². The molecule has 0 fully saturated rings. The molecule has 124 valence electrons. The lowest BCUT2D eigenvalue weighted by Crippen LogP contribution is -2.04. The molecule has 0 radical (unpaired) electrons. The molecule has 1 heterocycles. The number of rotatable bonds is 6. The zero-order valence-electron chi connectivity index (χ0n) is 14.3. The smallest absolute Gasteiger partial charge is 0.354 e. The highest BCUT2D eigenvalue weighted by molar-refractivity contribution is 5.87. The van der Waals surface area contributed by atoms with Crippen molar-refractivity contribution in [3.8, 4) is 0 Å². The van der Waals surface area contributed by atoms with Crippen molar-refractivity contribution in [1.82, 2.24) is 4.98 Å². The normalized spacial score (nSPS) is 10.9. The van der Waals surface area contributed by atoms with Crippen molar-refractivity contribution in [3.05, 3.63) is 71.0 Å². The number of nitrogens with one attached hydrogen (secondary N) is 1. The summed E-state index contributed by atoms with van der Waals surface area (Å²) >= 11 is 0. The van der Waals surface area contributed by atoms with Gasteiger partial charge in [0.1, 0.15) is 5.69 Å². The molecule has 24 heavy (non-hydrogen) atoms. The molecule has 0 saturated carbocycles. The van der Waals surface area contributed by atoms with Crippen LogP contribution < -0.4 is 0 Å². The van der Waals surface area contributed by atoms with Gasteiger partial charge in [0.05, 0.1) is 6.61 Å². The van der Waals surface area contributed by atoms with Crippen LogP contribution in [-0.4, -0.2) is 17.6 Å². The molecule has 1 aromatic heterocycles. The summed E-state index contributed by atoms with van der Waals surface area (Å²) in [7, 11) is 0. The molecular weight excluding hydrogens is 298 g/mol. The highest BCUT2D eigenvalue weighted by atomic mass is 16.5. The summed E-state index contributed by atoms with van der Waals surface area (Å²) in [5, 5.41) is 2.57. The molecule has 1 N–H and O–H groups in total. The Kier molecular flexibility index (Phi) is 4.99. The summed E-state index contributed by atoms with van der Waals surface area (Å²) in [4.78, 5) is 14.9. The van der Waals surface area contributed by atoms with Crippen LogP contribution in [0.5, 0.6) is 0 Å². The molecule has 2 aromatic carbocycles. The highest BCUT2D eigenvalue weighted by Gasteiger charge is 2.12. The third kappa shape index (κ3) is 3.67. The van der Waals surface area contributed by atoms with Crippen molar-refractivity contribution in [2.75, 3.05) is 6.61 Å². The summed E-state index contributed by atoms with van der Waals surface area (Å²) in [5.74, 6) is -0.277. The maximum atomic E-state index is 11.8. The van der Waals surface area contributed by atoms with E-state index >= 15 is 0 Å². The maximum Gasteiger partial charge on any atom is 0.354 e. The number of esters is 1. The fourth-order valence-electron chi connectivity index (χ4n) is 3.06. The predicted molar refractivity (Wildman–Crippen MR) is 97.5 cm³/mol. The summed E-state index contributed by atoms with van der Waals surface area (Å²) in [5.41, 5.74) is 4.15. The van der Waals surface area contributed by atoms with Crippen LogP contribution in [0.3, 0.4) is 0 Å². The molecule has 0 unspecified atom stereocenters. The maximum absolute atomic E-state index is 11.8. The van der Waals surface area contributed by atoms with Gasteiger partial charge in [-0.05, 0) is 61.1 Å². The zero-order chi connectivity index (χ0) is 16.9. The Morgan fingerprint density at radius 1 is 1.04 bits per heavy atom. The number of H-pyrrole nitrogens is 1. The average Bonchev–Trinajstić information content (AvgIpc) is 2.96. The number of carbonyl (C=O) groups is 1. The zero-order valence-corrected chi connectivity index (χ0v) is 14.3. The Hall–Kier alpha value is -2.55. The van der Waals surface area contributed by atoms with Crippen LogP contribution in [0.25, 0.3) is 10.8 Å². The third-order valence-corrected chi connectivity index (χ3v) is 4.34. The number of hydrogen-bond donors (Lipinski definition) is 1. The van der Waals surface area contributed by atoms with Crippen LogP contribution in [0.1, 0.15) is 40.7 Å². The minimum Gasteiger partial charge on any atom is -0.461 e. The molecule has 0 amide bonds. The molecule has 0 atom stereocenters. The Labute approximate surface area is 142 Å².